The number of nitrogens with one attached hydrogen (secondary N) is 4. The smallest absolute Gasteiger partial charge is 0.239 e. The van der Waals surface area contributed by atoms with Gasteiger partial charge in [0.1, 0.15) is 11.9 Å². The predicted molar refractivity (Wildman–Crippen MR) is 113 cm³/mol. The largest absolute Gasteiger partial charge is 0.344 e. The van der Waals surface area contributed by atoms with Crippen molar-refractivity contribution in [3.8, 4) is 0 Å². The Hall–Kier alpha value is -2.70. The molecule has 1 amide bonds. The van der Waals surface area contributed by atoms with Gasteiger partial charge in [0.05, 0.1) is 23.1 Å². The second-order valence-corrected chi connectivity index (χ2v) is 8.51. The van der Waals surface area contributed by atoms with Crippen LogP contribution >= 0.6 is 0 Å². The summed E-state index contributed by atoms with van der Waals surface area (Å²) in [4.78, 5) is 21.4. The number of fused-ring (bicyclic) bond motifs is 4. The standard InChI is InChI=1S/C23H27N5O/c1-13(2)19(22-24-17-9-5-6-10-18(17)25-22)26-23(29)21-16-12-11-14-7-3-4-8-15(14)20(16)27-28-21/h3-10,13,16,19-21,27-28H,11-12H2,1-2H3,(H,24,25)(H,26,29). The molecule has 4 N–H and O–H groups in total. The van der Waals surface area contributed by atoms with Crippen molar-refractivity contribution < 1.29 is 4.79 Å². The predicted octanol–water partition coefficient (Wildman–Crippen LogP) is 3.16. The molecule has 1 aliphatic carbocycles. The number of aryl methyl sites for hydroxylation is 1. The number of para-hydroxylation sites is 2. The number of amides is 1. The van der Waals surface area contributed by atoms with Gasteiger partial charge in [0, 0.05) is 5.92 Å². The van der Waals surface area contributed by atoms with Crippen molar-refractivity contribution in [2.75, 3.05) is 0 Å². The molecule has 1 aliphatic heterocycles. The first-order valence-electron chi connectivity index (χ1n) is 10.5. The molecule has 5 rings (SSSR count). The molecular weight excluding hydrogens is 362 g/mol. The van der Waals surface area contributed by atoms with E-state index in [0.29, 0.717) is 0 Å². The average Bonchev–Trinajstić information content (AvgIpc) is 3.35. The third-order valence-electron chi connectivity index (χ3n) is 6.34. The molecule has 2 aliphatic rings. The highest BCUT2D eigenvalue weighted by atomic mass is 16.2. The van der Waals surface area contributed by atoms with Crippen LogP contribution in [0.4, 0.5) is 0 Å². The van der Waals surface area contributed by atoms with Gasteiger partial charge in [-0.05, 0) is 42.0 Å². The summed E-state index contributed by atoms with van der Waals surface area (Å²) in [5.74, 6) is 1.31. The van der Waals surface area contributed by atoms with Crippen molar-refractivity contribution in [1.82, 2.24) is 26.1 Å². The van der Waals surface area contributed by atoms with E-state index in [0.717, 1.165) is 29.7 Å². The van der Waals surface area contributed by atoms with Gasteiger partial charge in [0.25, 0.3) is 0 Å². The second kappa shape index (κ2) is 7.28. The Bertz CT molecular complexity index is 1010. The van der Waals surface area contributed by atoms with Gasteiger partial charge in [-0.2, -0.15) is 0 Å². The van der Waals surface area contributed by atoms with E-state index in [9.17, 15) is 4.79 Å². The van der Waals surface area contributed by atoms with E-state index in [1.165, 1.54) is 11.1 Å². The van der Waals surface area contributed by atoms with Crippen LogP contribution in [0.3, 0.4) is 0 Å². The molecule has 2 aromatic carbocycles. The molecule has 6 nitrogen and oxygen atoms in total. The maximum Gasteiger partial charge on any atom is 0.239 e. The van der Waals surface area contributed by atoms with Gasteiger partial charge in [0.2, 0.25) is 5.91 Å². The summed E-state index contributed by atoms with van der Waals surface area (Å²) in [6.45, 7) is 4.22. The SMILES string of the molecule is CC(C)C(NC(=O)C1NNC2c3ccccc3CCC12)c1nc2ccccc2[nH]1. The summed E-state index contributed by atoms with van der Waals surface area (Å²) in [7, 11) is 0. The highest BCUT2D eigenvalue weighted by molar-refractivity contribution is 5.83. The number of aromatic amines is 1. The molecule has 0 bridgehead atoms. The third kappa shape index (κ3) is 3.22. The number of aromatic nitrogens is 2. The maximum absolute atomic E-state index is 13.3. The summed E-state index contributed by atoms with van der Waals surface area (Å²) in [5.41, 5.74) is 11.3. The van der Waals surface area contributed by atoms with Crippen LogP contribution in [0, 0.1) is 11.8 Å². The van der Waals surface area contributed by atoms with E-state index in [2.05, 4.69) is 59.3 Å². The van der Waals surface area contributed by atoms with Crippen LogP contribution in [0.15, 0.2) is 48.5 Å². The second-order valence-electron chi connectivity index (χ2n) is 8.51. The summed E-state index contributed by atoms with van der Waals surface area (Å²) in [5, 5.41) is 3.26. The number of hydrogen-bond donors (Lipinski definition) is 4. The van der Waals surface area contributed by atoms with Crippen molar-refractivity contribution >= 4 is 16.9 Å². The number of benzene rings is 2. The Balaban J connectivity index is 1.36. The lowest BCUT2D eigenvalue weighted by atomic mass is 9.77. The molecule has 1 saturated heterocycles. The molecule has 6 heteroatoms. The molecule has 150 valence electrons. The molecular formula is C23H27N5O. The lowest BCUT2D eigenvalue weighted by Gasteiger charge is -2.30. The molecule has 3 aromatic rings. The van der Waals surface area contributed by atoms with Gasteiger partial charge >= 0.3 is 0 Å². The van der Waals surface area contributed by atoms with Crippen molar-refractivity contribution in [3.63, 3.8) is 0 Å². The molecule has 1 fully saturated rings. The van der Waals surface area contributed by atoms with E-state index >= 15 is 0 Å². The minimum absolute atomic E-state index is 0.0311. The number of hydrazine groups is 1. The molecule has 0 saturated carbocycles. The van der Waals surface area contributed by atoms with Gasteiger partial charge in [-0.3, -0.25) is 4.79 Å². The van der Waals surface area contributed by atoms with Gasteiger partial charge < -0.3 is 10.3 Å². The Morgan fingerprint density at radius 1 is 1.10 bits per heavy atom. The normalized spacial score (nSPS) is 24.3. The summed E-state index contributed by atoms with van der Waals surface area (Å²) < 4.78 is 0. The highest BCUT2D eigenvalue weighted by Crippen LogP contribution is 2.39. The molecule has 1 aromatic heterocycles. The van der Waals surface area contributed by atoms with Gasteiger partial charge in [-0.1, -0.05) is 50.2 Å². The molecule has 2 heterocycles. The molecule has 0 spiro atoms. The van der Waals surface area contributed by atoms with Crippen molar-refractivity contribution in [2.45, 2.75) is 44.8 Å². The zero-order valence-electron chi connectivity index (χ0n) is 16.8. The fourth-order valence-electron chi connectivity index (χ4n) is 4.79. The zero-order valence-corrected chi connectivity index (χ0v) is 16.8. The van der Waals surface area contributed by atoms with E-state index < -0.39 is 0 Å². The number of rotatable bonds is 4. The van der Waals surface area contributed by atoms with Gasteiger partial charge in [-0.25, -0.2) is 15.8 Å². The monoisotopic (exact) mass is 389 g/mol. The van der Waals surface area contributed by atoms with E-state index in [4.69, 9.17) is 4.98 Å². The average molecular weight is 390 g/mol. The van der Waals surface area contributed by atoms with Crippen LogP contribution in [0.25, 0.3) is 11.0 Å². The maximum atomic E-state index is 13.3. The first-order valence-corrected chi connectivity index (χ1v) is 10.5. The number of nitrogens with zero attached hydrogens (tertiary/aromatic N) is 1. The Labute approximate surface area is 170 Å². The molecule has 29 heavy (non-hydrogen) atoms. The van der Waals surface area contributed by atoms with Crippen molar-refractivity contribution in [2.24, 2.45) is 11.8 Å². The van der Waals surface area contributed by atoms with Crippen LogP contribution in [0.1, 0.15) is 49.3 Å². The number of H-pyrrole nitrogens is 1. The van der Waals surface area contributed by atoms with E-state index in [1.807, 2.05) is 24.3 Å². The first-order chi connectivity index (χ1) is 14.1. The summed E-state index contributed by atoms with van der Waals surface area (Å²) in [6.07, 6.45) is 2.01. The van der Waals surface area contributed by atoms with Crippen molar-refractivity contribution in [3.05, 3.63) is 65.5 Å². The quantitative estimate of drug-likeness (QED) is 0.553. The molecule has 4 unspecified atom stereocenters. The van der Waals surface area contributed by atoms with Gasteiger partial charge in [0.15, 0.2) is 0 Å². The number of carbonyl (C=O) groups is 1. The Morgan fingerprint density at radius 3 is 2.72 bits per heavy atom. The Kier molecular flexibility index (Phi) is 4.60. The van der Waals surface area contributed by atoms with Gasteiger partial charge in [-0.15, -0.1) is 0 Å². The highest BCUT2D eigenvalue weighted by Gasteiger charge is 2.43. The van der Waals surface area contributed by atoms with Crippen LogP contribution < -0.4 is 16.2 Å². The Morgan fingerprint density at radius 2 is 1.90 bits per heavy atom. The topological polar surface area (TPSA) is 81.8 Å². The van der Waals surface area contributed by atoms with Crippen molar-refractivity contribution in [1.29, 1.82) is 0 Å². The third-order valence-corrected chi connectivity index (χ3v) is 6.34. The zero-order chi connectivity index (χ0) is 20.0. The number of hydrogen-bond acceptors (Lipinski definition) is 4. The van der Waals surface area contributed by atoms with Crippen LogP contribution in [-0.4, -0.2) is 21.9 Å². The fourth-order valence-corrected chi connectivity index (χ4v) is 4.79. The number of imidazole rings is 1. The lowest BCUT2D eigenvalue weighted by Crippen LogP contribution is -2.47. The minimum atomic E-state index is -0.251. The van der Waals surface area contributed by atoms with Crippen LogP contribution in [0.5, 0.6) is 0 Å². The molecule has 4 atom stereocenters. The summed E-state index contributed by atoms with van der Waals surface area (Å²) >= 11 is 0. The van der Waals surface area contributed by atoms with E-state index in [1.54, 1.807) is 0 Å². The van der Waals surface area contributed by atoms with Crippen LogP contribution in [0.2, 0.25) is 0 Å². The minimum Gasteiger partial charge on any atom is -0.344 e. The lowest BCUT2D eigenvalue weighted by molar-refractivity contribution is -0.125. The number of carbonyl (C=O) groups excluding carboxylic acids is 1. The fraction of sp³-hybridized carbons (Fsp3) is 0.391. The van der Waals surface area contributed by atoms with Crippen LogP contribution in [-0.2, 0) is 11.2 Å². The molecule has 0 radical (unpaired) electrons. The summed E-state index contributed by atoms with van der Waals surface area (Å²) in [6, 6.07) is 16.3. The first kappa shape index (κ1) is 18.3. The van der Waals surface area contributed by atoms with E-state index in [-0.39, 0.29) is 35.9 Å².